The smallest absolute Gasteiger partial charge is 0.233 e. The van der Waals surface area contributed by atoms with E-state index in [1.54, 1.807) is 0 Å². The van der Waals surface area contributed by atoms with E-state index < -0.39 is 0 Å². The highest BCUT2D eigenvalue weighted by atomic mass is 35.5. The summed E-state index contributed by atoms with van der Waals surface area (Å²) in [7, 11) is 4.04. The van der Waals surface area contributed by atoms with Gasteiger partial charge in [0.1, 0.15) is 0 Å². The predicted octanol–water partition coefficient (Wildman–Crippen LogP) is 1.66. The van der Waals surface area contributed by atoms with E-state index in [0.717, 1.165) is 10.5 Å². The fourth-order valence-corrected chi connectivity index (χ4v) is 1.63. The number of fused-ring (bicyclic) bond motifs is 1. The Morgan fingerprint density at radius 2 is 2.17 bits per heavy atom. The molecule has 0 aliphatic heterocycles. The standard InChI is InChI=1S/C9H10ClN2/c1-11-6-12(2)9-5-7(10)3-4-8(9)11/h3-6H,1-2H3/q+1. The molecule has 3 heteroatoms. The fraction of sp³-hybridized carbons (Fsp3) is 0.222. The topological polar surface area (TPSA) is 8.81 Å². The van der Waals surface area contributed by atoms with Crippen molar-refractivity contribution in [2.75, 3.05) is 0 Å². The normalized spacial score (nSPS) is 10.9. The van der Waals surface area contributed by atoms with Gasteiger partial charge in [0.2, 0.25) is 6.33 Å². The minimum absolute atomic E-state index is 0.782. The molecule has 1 aromatic heterocycles. The summed E-state index contributed by atoms with van der Waals surface area (Å²) in [6.45, 7) is 0. The van der Waals surface area contributed by atoms with Gasteiger partial charge in [-0.25, -0.2) is 9.13 Å². The van der Waals surface area contributed by atoms with Crippen molar-refractivity contribution < 1.29 is 4.57 Å². The Balaban J connectivity index is 2.90. The van der Waals surface area contributed by atoms with Gasteiger partial charge in [0, 0.05) is 11.1 Å². The van der Waals surface area contributed by atoms with Crippen LogP contribution in [0, 0.1) is 0 Å². The average molecular weight is 182 g/mol. The minimum atomic E-state index is 0.782. The number of halogens is 1. The van der Waals surface area contributed by atoms with Crippen LogP contribution in [0.5, 0.6) is 0 Å². The van der Waals surface area contributed by atoms with E-state index in [9.17, 15) is 0 Å². The van der Waals surface area contributed by atoms with Crippen molar-refractivity contribution in [2.24, 2.45) is 14.1 Å². The average Bonchev–Trinajstić information content (AvgIpc) is 2.28. The molecule has 2 rings (SSSR count). The molecular formula is C9H10ClN2+. The number of nitrogens with zero attached hydrogens (tertiary/aromatic N) is 2. The van der Waals surface area contributed by atoms with Gasteiger partial charge < -0.3 is 0 Å². The van der Waals surface area contributed by atoms with E-state index in [1.807, 2.05) is 38.6 Å². The zero-order chi connectivity index (χ0) is 8.72. The van der Waals surface area contributed by atoms with E-state index >= 15 is 0 Å². The number of benzene rings is 1. The lowest BCUT2D eigenvalue weighted by molar-refractivity contribution is -0.645. The second kappa shape index (κ2) is 2.49. The summed E-state index contributed by atoms with van der Waals surface area (Å²) < 4.78 is 4.13. The Morgan fingerprint density at radius 1 is 1.42 bits per heavy atom. The molecule has 0 saturated carbocycles. The van der Waals surface area contributed by atoms with Gasteiger partial charge in [-0.2, -0.15) is 0 Å². The van der Waals surface area contributed by atoms with Crippen LogP contribution in [-0.4, -0.2) is 4.57 Å². The van der Waals surface area contributed by atoms with Gasteiger partial charge in [0.25, 0.3) is 0 Å². The molecule has 0 atom stereocenters. The van der Waals surface area contributed by atoms with Gasteiger partial charge >= 0.3 is 0 Å². The van der Waals surface area contributed by atoms with E-state index in [-0.39, 0.29) is 0 Å². The second-order valence-electron chi connectivity index (χ2n) is 2.97. The predicted molar refractivity (Wildman–Crippen MR) is 49.1 cm³/mol. The highest BCUT2D eigenvalue weighted by molar-refractivity contribution is 6.31. The largest absolute Gasteiger partial charge is 0.244 e. The summed E-state index contributed by atoms with van der Waals surface area (Å²) in [5.41, 5.74) is 2.35. The fourth-order valence-electron chi connectivity index (χ4n) is 1.46. The third-order valence-corrected chi connectivity index (χ3v) is 2.28. The van der Waals surface area contributed by atoms with Crippen LogP contribution in [0.15, 0.2) is 24.5 Å². The molecule has 0 radical (unpaired) electrons. The van der Waals surface area contributed by atoms with Crippen LogP contribution in [0.4, 0.5) is 0 Å². The lowest BCUT2D eigenvalue weighted by atomic mass is 10.3. The first-order chi connectivity index (χ1) is 5.68. The van der Waals surface area contributed by atoms with Crippen molar-refractivity contribution >= 4 is 22.6 Å². The molecule has 1 heterocycles. The maximum Gasteiger partial charge on any atom is 0.244 e. The highest BCUT2D eigenvalue weighted by Gasteiger charge is 2.09. The SMILES string of the molecule is Cn1c[n+](C)c2ccc(Cl)cc21. The van der Waals surface area contributed by atoms with E-state index in [1.165, 1.54) is 5.52 Å². The van der Waals surface area contributed by atoms with Crippen LogP contribution < -0.4 is 4.57 Å². The van der Waals surface area contributed by atoms with Crippen molar-refractivity contribution in [1.29, 1.82) is 0 Å². The highest BCUT2D eigenvalue weighted by Crippen LogP contribution is 2.15. The zero-order valence-electron chi connectivity index (χ0n) is 7.08. The van der Waals surface area contributed by atoms with Gasteiger partial charge in [-0.05, 0) is 12.1 Å². The van der Waals surface area contributed by atoms with Crippen molar-refractivity contribution in [3.63, 3.8) is 0 Å². The van der Waals surface area contributed by atoms with E-state index in [2.05, 4.69) is 9.13 Å². The number of hydrogen-bond acceptors (Lipinski definition) is 0. The molecule has 2 nitrogen and oxygen atoms in total. The van der Waals surface area contributed by atoms with Crippen molar-refractivity contribution in [2.45, 2.75) is 0 Å². The van der Waals surface area contributed by atoms with E-state index in [0.29, 0.717) is 0 Å². The summed E-state index contributed by atoms with van der Waals surface area (Å²) in [5.74, 6) is 0. The Hall–Kier alpha value is -1.02. The van der Waals surface area contributed by atoms with Crippen LogP contribution in [0.1, 0.15) is 0 Å². The number of aryl methyl sites for hydroxylation is 2. The molecule has 0 bridgehead atoms. The quantitative estimate of drug-likeness (QED) is 0.547. The van der Waals surface area contributed by atoms with Gasteiger partial charge in [0.15, 0.2) is 11.0 Å². The first kappa shape index (κ1) is 7.62. The molecule has 62 valence electrons. The number of rotatable bonds is 0. The van der Waals surface area contributed by atoms with Crippen LogP contribution in [0.3, 0.4) is 0 Å². The Labute approximate surface area is 76.0 Å². The van der Waals surface area contributed by atoms with Crippen LogP contribution in [-0.2, 0) is 14.1 Å². The summed E-state index contributed by atoms with van der Waals surface area (Å²) in [6, 6.07) is 5.90. The molecule has 2 aromatic rings. The van der Waals surface area contributed by atoms with Gasteiger partial charge in [0.05, 0.1) is 14.1 Å². The molecule has 0 fully saturated rings. The Morgan fingerprint density at radius 3 is 2.92 bits per heavy atom. The monoisotopic (exact) mass is 181 g/mol. The third-order valence-electron chi connectivity index (χ3n) is 2.04. The molecule has 0 N–H and O–H groups in total. The Kier molecular flexibility index (Phi) is 1.58. The van der Waals surface area contributed by atoms with Gasteiger partial charge in [-0.1, -0.05) is 11.6 Å². The molecule has 0 aliphatic carbocycles. The number of hydrogen-bond donors (Lipinski definition) is 0. The molecule has 1 aromatic carbocycles. The molecule has 0 aliphatic rings. The molecular weight excluding hydrogens is 172 g/mol. The molecule has 0 spiro atoms. The van der Waals surface area contributed by atoms with Gasteiger partial charge in [-0.3, -0.25) is 0 Å². The first-order valence-electron chi connectivity index (χ1n) is 3.79. The van der Waals surface area contributed by atoms with Crippen molar-refractivity contribution in [1.82, 2.24) is 4.57 Å². The number of imidazole rings is 1. The van der Waals surface area contributed by atoms with Crippen LogP contribution >= 0.6 is 11.6 Å². The molecule has 12 heavy (non-hydrogen) atoms. The molecule has 0 saturated heterocycles. The molecule has 0 amide bonds. The summed E-state index contributed by atoms with van der Waals surface area (Å²) >= 11 is 5.88. The summed E-state index contributed by atoms with van der Waals surface area (Å²) in [6.07, 6.45) is 2.03. The lowest BCUT2D eigenvalue weighted by Gasteiger charge is -1.88. The lowest BCUT2D eigenvalue weighted by Crippen LogP contribution is -2.25. The maximum atomic E-state index is 5.88. The summed E-state index contributed by atoms with van der Waals surface area (Å²) in [5, 5.41) is 0.782. The third kappa shape index (κ3) is 0.994. The number of aromatic nitrogens is 2. The first-order valence-corrected chi connectivity index (χ1v) is 4.16. The zero-order valence-corrected chi connectivity index (χ0v) is 7.84. The van der Waals surface area contributed by atoms with Crippen LogP contribution in [0.25, 0.3) is 11.0 Å². The van der Waals surface area contributed by atoms with Crippen LogP contribution in [0.2, 0.25) is 5.02 Å². The maximum absolute atomic E-state index is 5.88. The minimum Gasteiger partial charge on any atom is -0.233 e. The van der Waals surface area contributed by atoms with Crippen molar-refractivity contribution in [3.8, 4) is 0 Å². The van der Waals surface area contributed by atoms with Gasteiger partial charge in [-0.15, -0.1) is 0 Å². The van der Waals surface area contributed by atoms with E-state index in [4.69, 9.17) is 11.6 Å². The summed E-state index contributed by atoms with van der Waals surface area (Å²) in [4.78, 5) is 0. The Bertz CT molecular complexity index is 431. The van der Waals surface area contributed by atoms with Crippen molar-refractivity contribution in [3.05, 3.63) is 29.5 Å². The molecule has 0 unspecified atom stereocenters. The second-order valence-corrected chi connectivity index (χ2v) is 3.41.